The van der Waals surface area contributed by atoms with E-state index in [-0.39, 0.29) is 18.3 Å². The Hall–Kier alpha value is -1.27. The molecule has 0 radical (unpaired) electrons. The summed E-state index contributed by atoms with van der Waals surface area (Å²) in [6.07, 6.45) is -4.15. The van der Waals surface area contributed by atoms with Gasteiger partial charge in [0.05, 0.1) is 11.7 Å². The van der Waals surface area contributed by atoms with Gasteiger partial charge < -0.3 is 14.7 Å². The number of alkyl halides is 3. The smallest absolute Gasteiger partial charge is 0.416 e. The van der Waals surface area contributed by atoms with E-state index in [0.717, 1.165) is 38.2 Å². The second kappa shape index (κ2) is 6.66. The monoisotopic (exact) mass is 303 g/mol. The van der Waals surface area contributed by atoms with E-state index < -0.39 is 17.8 Å². The number of likely N-dealkylation sites (tertiary alicyclic amines) is 1. The van der Waals surface area contributed by atoms with Crippen LogP contribution in [-0.2, 0) is 6.18 Å². The molecule has 2 unspecified atom stereocenters. The maximum absolute atomic E-state index is 12.6. The molecule has 6 heteroatoms. The van der Waals surface area contributed by atoms with E-state index >= 15 is 0 Å². The van der Waals surface area contributed by atoms with Gasteiger partial charge >= 0.3 is 6.18 Å². The van der Waals surface area contributed by atoms with Gasteiger partial charge in [-0.2, -0.15) is 13.2 Å². The summed E-state index contributed by atoms with van der Waals surface area (Å²) in [5.74, 6) is 0.255. The Balaban J connectivity index is 1.88. The molecule has 0 saturated carbocycles. The number of hydrogen-bond donors (Lipinski definition) is 1. The van der Waals surface area contributed by atoms with E-state index in [2.05, 4.69) is 11.8 Å². The van der Waals surface area contributed by atoms with Crippen LogP contribution in [0.15, 0.2) is 24.3 Å². The van der Waals surface area contributed by atoms with Crippen LogP contribution in [0.1, 0.15) is 18.9 Å². The van der Waals surface area contributed by atoms with Gasteiger partial charge in [-0.15, -0.1) is 0 Å². The summed E-state index contributed by atoms with van der Waals surface area (Å²) >= 11 is 0. The van der Waals surface area contributed by atoms with Crippen LogP contribution in [0.5, 0.6) is 5.75 Å². The zero-order valence-corrected chi connectivity index (χ0v) is 11.9. The fourth-order valence-corrected chi connectivity index (χ4v) is 2.54. The summed E-state index contributed by atoms with van der Waals surface area (Å²) in [5.41, 5.74) is -0.743. The van der Waals surface area contributed by atoms with Gasteiger partial charge in [-0.3, -0.25) is 0 Å². The molecule has 2 rings (SSSR count). The lowest BCUT2D eigenvalue weighted by Crippen LogP contribution is -2.30. The predicted octanol–water partition coefficient (Wildman–Crippen LogP) is 2.79. The predicted molar refractivity (Wildman–Crippen MR) is 73.2 cm³/mol. The largest absolute Gasteiger partial charge is 0.491 e. The highest BCUT2D eigenvalue weighted by atomic mass is 19.4. The van der Waals surface area contributed by atoms with Crippen molar-refractivity contribution in [3.05, 3.63) is 29.8 Å². The molecule has 1 aliphatic heterocycles. The van der Waals surface area contributed by atoms with Crippen molar-refractivity contribution in [1.82, 2.24) is 4.90 Å². The van der Waals surface area contributed by atoms with Gasteiger partial charge in [0.2, 0.25) is 0 Å². The minimum absolute atomic E-state index is 0.0174. The van der Waals surface area contributed by atoms with Crippen molar-refractivity contribution >= 4 is 0 Å². The number of hydrogen-bond acceptors (Lipinski definition) is 3. The van der Waals surface area contributed by atoms with Gasteiger partial charge in [-0.25, -0.2) is 0 Å². The van der Waals surface area contributed by atoms with Gasteiger partial charge in [-0.1, -0.05) is 13.0 Å². The molecule has 1 aromatic rings. The fraction of sp³-hybridized carbons (Fsp3) is 0.600. The highest BCUT2D eigenvalue weighted by molar-refractivity contribution is 5.30. The van der Waals surface area contributed by atoms with E-state index in [1.807, 2.05) is 0 Å². The first-order valence-electron chi connectivity index (χ1n) is 7.10. The van der Waals surface area contributed by atoms with Crippen LogP contribution in [0.25, 0.3) is 0 Å². The van der Waals surface area contributed by atoms with E-state index in [0.29, 0.717) is 0 Å². The maximum atomic E-state index is 12.6. The molecule has 1 saturated heterocycles. The average molecular weight is 303 g/mol. The summed E-state index contributed by atoms with van der Waals surface area (Å²) in [6, 6.07) is 4.73. The van der Waals surface area contributed by atoms with Gasteiger partial charge in [0.25, 0.3) is 0 Å². The first kappa shape index (κ1) is 16.1. The third-order valence-electron chi connectivity index (χ3n) is 3.88. The average Bonchev–Trinajstić information content (AvgIpc) is 2.93. The van der Waals surface area contributed by atoms with Crippen LogP contribution in [-0.4, -0.2) is 42.4 Å². The van der Waals surface area contributed by atoms with Crippen molar-refractivity contribution in [2.45, 2.75) is 25.6 Å². The van der Waals surface area contributed by atoms with Gasteiger partial charge in [-0.05, 0) is 37.7 Å². The molecule has 0 bridgehead atoms. The second-order valence-electron chi connectivity index (χ2n) is 5.35. The highest BCUT2D eigenvalue weighted by Gasteiger charge is 2.31. The molecule has 1 aliphatic rings. The van der Waals surface area contributed by atoms with Crippen molar-refractivity contribution in [2.24, 2.45) is 5.92 Å². The quantitative estimate of drug-likeness (QED) is 0.908. The lowest BCUT2D eigenvalue weighted by molar-refractivity contribution is -0.137. The van der Waals surface area contributed by atoms with Crippen LogP contribution < -0.4 is 4.74 Å². The molecule has 1 fully saturated rings. The number of ether oxygens (including phenoxy) is 1. The minimum Gasteiger partial charge on any atom is -0.491 e. The van der Waals surface area contributed by atoms with Crippen LogP contribution in [0, 0.1) is 5.92 Å². The molecule has 0 amide bonds. The number of aliphatic hydroxyl groups is 1. The van der Waals surface area contributed by atoms with Crippen LogP contribution >= 0.6 is 0 Å². The lowest BCUT2D eigenvalue weighted by atomic mass is 10.0. The maximum Gasteiger partial charge on any atom is 0.416 e. The normalized spacial score (nSPS) is 21.5. The van der Waals surface area contributed by atoms with Crippen molar-refractivity contribution in [2.75, 3.05) is 26.2 Å². The van der Waals surface area contributed by atoms with Crippen molar-refractivity contribution in [3.8, 4) is 5.75 Å². The van der Waals surface area contributed by atoms with E-state index in [1.165, 1.54) is 12.1 Å². The standard InChI is InChI=1S/C15H20F3NO2/c1-2-19-7-6-11(9-19)14(20)10-21-13-5-3-4-12(8-13)15(16,17)18/h3-5,8,11,14,20H,2,6-7,9-10H2,1H3. The van der Waals surface area contributed by atoms with Gasteiger partial charge in [0.1, 0.15) is 12.4 Å². The Morgan fingerprint density at radius 2 is 2.19 bits per heavy atom. The molecular formula is C15H20F3NO2. The summed E-state index contributed by atoms with van der Waals surface area (Å²) < 4.78 is 43.1. The Morgan fingerprint density at radius 1 is 1.43 bits per heavy atom. The van der Waals surface area contributed by atoms with E-state index in [1.54, 1.807) is 0 Å². The summed E-state index contributed by atoms with van der Waals surface area (Å²) in [4.78, 5) is 2.23. The highest BCUT2D eigenvalue weighted by Crippen LogP contribution is 2.31. The third kappa shape index (κ3) is 4.35. The number of rotatable bonds is 5. The number of benzene rings is 1. The summed E-state index contributed by atoms with van der Waals surface area (Å²) in [6.45, 7) is 4.78. The third-order valence-corrected chi connectivity index (χ3v) is 3.88. The molecular weight excluding hydrogens is 283 g/mol. The number of halogens is 3. The SMILES string of the molecule is CCN1CCC(C(O)COc2cccc(C(F)(F)F)c2)C1. The first-order chi connectivity index (χ1) is 9.90. The number of aliphatic hydroxyl groups excluding tert-OH is 1. The van der Waals surface area contributed by atoms with Gasteiger partial charge in [0.15, 0.2) is 0 Å². The Morgan fingerprint density at radius 3 is 2.81 bits per heavy atom. The van der Waals surface area contributed by atoms with Crippen molar-refractivity contribution in [1.29, 1.82) is 0 Å². The molecule has 0 aliphatic carbocycles. The molecule has 3 nitrogen and oxygen atoms in total. The first-order valence-corrected chi connectivity index (χ1v) is 7.10. The van der Waals surface area contributed by atoms with Gasteiger partial charge in [0, 0.05) is 12.5 Å². The topological polar surface area (TPSA) is 32.7 Å². The molecule has 118 valence electrons. The molecule has 1 heterocycles. The molecule has 2 atom stereocenters. The Kier molecular flexibility index (Phi) is 5.11. The minimum atomic E-state index is -4.38. The molecule has 21 heavy (non-hydrogen) atoms. The molecule has 1 aromatic carbocycles. The Bertz CT molecular complexity index is 464. The summed E-state index contributed by atoms with van der Waals surface area (Å²) in [7, 11) is 0. The van der Waals surface area contributed by atoms with Crippen LogP contribution in [0.3, 0.4) is 0 Å². The second-order valence-corrected chi connectivity index (χ2v) is 5.35. The van der Waals surface area contributed by atoms with Crippen LogP contribution in [0.4, 0.5) is 13.2 Å². The molecule has 0 aromatic heterocycles. The Labute approximate surface area is 122 Å². The molecule has 1 N–H and O–H groups in total. The lowest BCUT2D eigenvalue weighted by Gasteiger charge is -2.19. The van der Waals surface area contributed by atoms with Crippen molar-refractivity contribution < 1.29 is 23.0 Å². The fourth-order valence-electron chi connectivity index (χ4n) is 2.54. The zero-order chi connectivity index (χ0) is 15.5. The van der Waals surface area contributed by atoms with E-state index in [9.17, 15) is 18.3 Å². The van der Waals surface area contributed by atoms with Crippen molar-refractivity contribution in [3.63, 3.8) is 0 Å². The zero-order valence-electron chi connectivity index (χ0n) is 11.9. The summed E-state index contributed by atoms with van der Waals surface area (Å²) in [5, 5.41) is 10.1. The molecule has 0 spiro atoms. The number of nitrogens with zero attached hydrogens (tertiary/aromatic N) is 1. The van der Waals surface area contributed by atoms with E-state index in [4.69, 9.17) is 4.74 Å². The van der Waals surface area contributed by atoms with Crippen LogP contribution in [0.2, 0.25) is 0 Å².